The number of hydrogen-bond donors (Lipinski definition) is 3. The van der Waals surface area contributed by atoms with Crippen molar-refractivity contribution >= 4 is 28.8 Å². The molecule has 9 nitrogen and oxygen atoms in total. The molecule has 35 heavy (non-hydrogen) atoms. The summed E-state index contributed by atoms with van der Waals surface area (Å²) in [5.74, 6) is 1.51. The van der Waals surface area contributed by atoms with Crippen molar-refractivity contribution in [1.82, 2.24) is 9.88 Å². The first-order chi connectivity index (χ1) is 17.0. The summed E-state index contributed by atoms with van der Waals surface area (Å²) in [4.78, 5) is 22.8. The molecule has 1 fully saturated rings. The summed E-state index contributed by atoms with van der Waals surface area (Å²) < 4.78 is 5.93. The molecule has 1 saturated heterocycles. The molecule has 2 aliphatic heterocycles. The van der Waals surface area contributed by atoms with E-state index in [0.29, 0.717) is 25.6 Å². The lowest BCUT2D eigenvalue weighted by atomic mass is 10.0. The van der Waals surface area contributed by atoms with Gasteiger partial charge in [0.1, 0.15) is 23.0 Å². The maximum atomic E-state index is 12.5. The number of benzene rings is 2. The Morgan fingerprint density at radius 3 is 2.60 bits per heavy atom. The fourth-order valence-electron chi connectivity index (χ4n) is 4.81. The van der Waals surface area contributed by atoms with Crippen molar-refractivity contribution in [3.05, 3.63) is 66.9 Å². The molecule has 182 valence electrons. The van der Waals surface area contributed by atoms with Crippen molar-refractivity contribution in [3.63, 3.8) is 0 Å². The smallest absolute Gasteiger partial charge is 0.253 e. The van der Waals surface area contributed by atoms with Gasteiger partial charge in [-0.3, -0.25) is 4.79 Å². The number of nitrogens with two attached hydrogens (primary N) is 1. The Balaban J connectivity index is 1.38. The number of ether oxygens (including phenoxy) is 1. The lowest BCUT2D eigenvalue weighted by Crippen LogP contribution is -2.53. The van der Waals surface area contributed by atoms with E-state index in [4.69, 9.17) is 10.5 Å². The maximum absolute atomic E-state index is 12.5. The number of nitrogen functional groups attached to an aromatic ring is 1. The molecule has 3 aromatic rings. The lowest BCUT2D eigenvalue weighted by molar-refractivity contribution is -0.143. The Morgan fingerprint density at radius 2 is 1.86 bits per heavy atom. The molecule has 1 amide bonds. The number of fused-ring (bicyclic) bond motifs is 1. The minimum atomic E-state index is -1.38. The number of para-hydroxylation sites is 1. The number of hydrogen-bond acceptors (Lipinski definition) is 8. The summed E-state index contributed by atoms with van der Waals surface area (Å²) in [6.45, 7) is 1.01. The molecule has 1 unspecified atom stereocenters. The van der Waals surface area contributed by atoms with Gasteiger partial charge in [0.15, 0.2) is 6.10 Å². The van der Waals surface area contributed by atoms with Crippen LogP contribution in [0, 0.1) is 0 Å². The number of carbonyl (C=O) groups is 1. The van der Waals surface area contributed by atoms with Crippen molar-refractivity contribution < 1.29 is 19.7 Å². The number of aliphatic hydroxyl groups is 2. The number of likely N-dealkylation sites (tertiary alicyclic amines) is 1. The molecule has 3 heterocycles. The van der Waals surface area contributed by atoms with Crippen LogP contribution in [-0.4, -0.2) is 64.5 Å². The topological polar surface area (TPSA) is 115 Å². The van der Waals surface area contributed by atoms with Gasteiger partial charge in [-0.15, -0.1) is 0 Å². The predicted molar refractivity (Wildman–Crippen MR) is 134 cm³/mol. The number of nitrogens with zero attached hydrogens (tertiary/aromatic N) is 4. The third-order valence-electron chi connectivity index (χ3n) is 6.54. The average Bonchev–Trinajstić information content (AvgIpc) is 3.30. The molecule has 0 radical (unpaired) electrons. The van der Waals surface area contributed by atoms with Gasteiger partial charge in [-0.25, -0.2) is 4.98 Å². The van der Waals surface area contributed by atoms with E-state index in [2.05, 4.69) is 14.8 Å². The Morgan fingerprint density at radius 1 is 1.11 bits per heavy atom. The maximum Gasteiger partial charge on any atom is 0.253 e. The Kier molecular flexibility index (Phi) is 6.43. The molecule has 1 aromatic heterocycles. The number of amides is 1. The largest absolute Gasteiger partial charge is 0.457 e. The molecule has 0 spiro atoms. The number of pyridine rings is 1. The molecule has 5 rings (SSSR count). The highest BCUT2D eigenvalue weighted by Gasteiger charge is 2.37. The monoisotopic (exact) mass is 475 g/mol. The Labute approximate surface area is 204 Å². The quantitative estimate of drug-likeness (QED) is 0.499. The van der Waals surface area contributed by atoms with Gasteiger partial charge in [-0.1, -0.05) is 18.2 Å². The van der Waals surface area contributed by atoms with Gasteiger partial charge in [0.05, 0.1) is 19.0 Å². The van der Waals surface area contributed by atoms with Gasteiger partial charge in [0.25, 0.3) is 5.91 Å². The Hall–Kier alpha value is -3.82. The van der Waals surface area contributed by atoms with Crippen LogP contribution in [0.5, 0.6) is 11.5 Å². The van der Waals surface area contributed by atoms with Crippen LogP contribution in [0.25, 0.3) is 0 Å². The van der Waals surface area contributed by atoms with Crippen molar-refractivity contribution in [3.8, 4) is 11.5 Å². The average molecular weight is 476 g/mol. The first-order valence-corrected chi connectivity index (χ1v) is 11.7. The van der Waals surface area contributed by atoms with Crippen LogP contribution in [0.4, 0.5) is 22.9 Å². The summed E-state index contributed by atoms with van der Waals surface area (Å²) in [7, 11) is 0. The van der Waals surface area contributed by atoms with E-state index >= 15 is 0 Å². The second kappa shape index (κ2) is 9.81. The second-order valence-electron chi connectivity index (χ2n) is 8.79. The van der Waals surface area contributed by atoms with Gasteiger partial charge in [-0.05, 0) is 55.3 Å². The van der Waals surface area contributed by atoms with Crippen LogP contribution >= 0.6 is 0 Å². The molecule has 0 aliphatic carbocycles. The molecule has 0 bridgehead atoms. The number of aromatic nitrogens is 1. The number of aliphatic hydroxyl groups excluding tert-OH is 2. The van der Waals surface area contributed by atoms with Gasteiger partial charge < -0.3 is 35.4 Å². The minimum absolute atomic E-state index is 0.0461. The van der Waals surface area contributed by atoms with E-state index in [0.717, 1.165) is 41.4 Å². The predicted octanol–water partition coefficient (Wildman–Crippen LogP) is 2.72. The van der Waals surface area contributed by atoms with Crippen molar-refractivity contribution in [1.29, 1.82) is 0 Å². The van der Waals surface area contributed by atoms with E-state index in [1.54, 1.807) is 11.1 Å². The number of piperidine rings is 1. The van der Waals surface area contributed by atoms with Gasteiger partial charge in [0.2, 0.25) is 0 Å². The van der Waals surface area contributed by atoms with Crippen molar-refractivity contribution in [2.24, 2.45) is 0 Å². The first-order valence-electron chi connectivity index (χ1n) is 11.7. The number of anilines is 4. The van der Waals surface area contributed by atoms with E-state index in [1.807, 2.05) is 60.7 Å². The van der Waals surface area contributed by atoms with Crippen LogP contribution in [-0.2, 0) is 4.79 Å². The zero-order chi connectivity index (χ0) is 24.4. The fourth-order valence-corrected chi connectivity index (χ4v) is 4.81. The van der Waals surface area contributed by atoms with Crippen LogP contribution in [0.3, 0.4) is 0 Å². The third-order valence-corrected chi connectivity index (χ3v) is 6.54. The van der Waals surface area contributed by atoms with E-state index in [1.165, 1.54) is 0 Å². The second-order valence-corrected chi connectivity index (χ2v) is 8.79. The van der Waals surface area contributed by atoms with Gasteiger partial charge in [0, 0.05) is 31.0 Å². The molecule has 9 heteroatoms. The summed E-state index contributed by atoms with van der Waals surface area (Å²) in [5.41, 5.74) is 9.08. The molecule has 2 aliphatic rings. The zero-order valence-electron chi connectivity index (χ0n) is 19.3. The molecule has 0 saturated carbocycles. The van der Waals surface area contributed by atoms with Gasteiger partial charge in [-0.2, -0.15) is 0 Å². The highest BCUT2D eigenvalue weighted by Crippen LogP contribution is 2.45. The highest BCUT2D eigenvalue weighted by molar-refractivity contribution is 5.89. The summed E-state index contributed by atoms with van der Waals surface area (Å²) in [6.07, 6.45) is 2.03. The van der Waals surface area contributed by atoms with Crippen LogP contribution in [0.1, 0.15) is 12.8 Å². The number of rotatable bonds is 6. The summed E-state index contributed by atoms with van der Waals surface area (Å²) >= 11 is 0. The fraction of sp³-hybridized carbons (Fsp3) is 0.308. The molecule has 2 atom stereocenters. The van der Waals surface area contributed by atoms with Gasteiger partial charge >= 0.3 is 0 Å². The standard InChI is InChI=1S/C26H29N5O4/c27-25-24-22(12-13-28-25)30(19-5-4-14-29(15-19)26(34)23(33)16-32)17-31(24)18-8-10-21(11-9-18)35-20-6-2-1-3-7-20/h1-3,6-13,19,23,32-33H,4-5,14-17H2,(H2,27,28)/t19-,23?/m1/s1. The summed E-state index contributed by atoms with van der Waals surface area (Å²) in [5, 5.41) is 19.0. The first kappa shape index (κ1) is 22.9. The van der Waals surface area contributed by atoms with E-state index < -0.39 is 18.6 Å². The molecular formula is C26H29N5O4. The van der Waals surface area contributed by atoms with E-state index in [9.17, 15) is 15.0 Å². The van der Waals surface area contributed by atoms with Crippen LogP contribution in [0.2, 0.25) is 0 Å². The summed E-state index contributed by atoms with van der Waals surface area (Å²) in [6, 6.07) is 19.5. The zero-order valence-corrected chi connectivity index (χ0v) is 19.3. The van der Waals surface area contributed by atoms with Crippen molar-refractivity contribution in [2.45, 2.75) is 25.0 Å². The van der Waals surface area contributed by atoms with Crippen molar-refractivity contribution in [2.75, 3.05) is 41.9 Å². The Bertz CT molecular complexity index is 1170. The third kappa shape index (κ3) is 4.60. The SMILES string of the molecule is Nc1nccc2c1N(c1ccc(Oc3ccccc3)cc1)CN2[C@@H]1CCCN(C(=O)C(O)CO)C1. The molecule has 4 N–H and O–H groups in total. The van der Waals surface area contributed by atoms with Crippen LogP contribution in [0.15, 0.2) is 66.9 Å². The normalized spacial score (nSPS) is 18.3. The highest BCUT2D eigenvalue weighted by atomic mass is 16.5. The van der Waals surface area contributed by atoms with Crippen LogP contribution < -0.4 is 20.3 Å². The molecular weight excluding hydrogens is 446 g/mol. The minimum Gasteiger partial charge on any atom is -0.457 e. The van der Waals surface area contributed by atoms with E-state index in [-0.39, 0.29) is 6.04 Å². The molecule has 2 aromatic carbocycles. The lowest BCUT2D eigenvalue weighted by Gasteiger charge is -2.39. The number of carbonyl (C=O) groups excluding carboxylic acids is 1.